The van der Waals surface area contributed by atoms with Gasteiger partial charge < -0.3 is 16.0 Å². The van der Waals surface area contributed by atoms with E-state index in [0.717, 1.165) is 57.0 Å². The molecule has 1 aliphatic rings. The number of piperidine rings is 1. The van der Waals surface area contributed by atoms with Crippen molar-refractivity contribution in [1.82, 2.24) is 20.9 Å². The number of halogens is 2. The summed E-state index contributed by atoms with van der Waals surface area (Å²) in [5.41, 5.74) is 0.891. The molecule has 1 fully saturated rings. The fraction of sp³-hybridized carbons (Fsp3) is 0.619. The summed E-state index contributed by atoms with van der Waals surface area (Å²) in [4.78, 5) is 18.7. The summed E-state index contributed by atoms with van der Waals surface area (Å²) >= 11 is 6.09. The normalized spacial score (nSPS) is 15.9. The van der Waals surface area contributed by atoms with Gasteiger partial charge >= 0.3 is 0 Å². The predicted molar refractivity (Wildman–Crippen MR) is 117 cm³/mol. The minimum atomic E-state index is -0.327. The van der Waals surface area contributed by atoms with Gasteiger partial charge in [0.2, 0.25) is 5.91 Å². The standard InChI is InChI=1S/C21H33ClFN5O/c1-3-10-25-20(29)15-28-12-8-18(9-13-28)27-21(24-4-2)26-11-7-16-5-6-17(23)14-19(16)22/h5-6,14,18H,3-4,7-13,15H2,1-2H3,(H,25,29)(H2,24,26,27). The number of aliphatic imine (C=N–C) groups is 1. The van der Waals surface area contributed by atoms with Crippen LogP contribution in [0.1, 0.15) is 38.7 Å². The molecule has 1 saturated heterocycles. The van der Waals surface area contributed by atoms with Gasteiger partial charge in [-0.25, -0.2) is 4.39 Å². The third-order valence-corrected chi connectivity index (χ3v) is 5.23. The van der Waals surface area contributed by atoms with Crippen LogP contribution in [0.3, 0.4) is 0 Å². The van der Waals surface area contributed by atoms with E-state index in [1.807, 2.05) is 6.92 Å². The molecule has 3 N–H and O–H groups in total. The zero-order valence-corrected chi connectivity index (χ0v) is 18.2. The minimum absolute atomic E-state index is 0.104. The second-order valence-electron chi connectivity index (χ2n) is 7.29. The number of carbonyl (C=O) groups is 1. The highest BCUT2D eigenvalue weighted by Crippen LogP contribution is 2.17. The molecule has 0 atom stereocenters. The number of hydrogen-bond donors (Lipinski definition) is 3. The summed E-state index contributed by atoms with van der Waals surface area (Å²) < 4.78 is 13.2. The van der Waals surface area contributed by atoms with Gasteiger partial charge in [0.25, 0.3) is 0 Å². The molecule has 2 rings (SSSR count). The lowest BCUT2D eigenvalue weighted by atomic mass is 10.1. The first-order valence-corrected chi connectivity index (χ1v) is 10.9. The van der Waals surface area contributed by atoms with Crippen molar-refractivity contribution in [3.8, 4) is 0 Å². The highest BCUT2D eigenvalue weighted by molar-refractivity contribution is 6.31. The van der Waals surface area contributed by atoms with Crippen LogP contribution in [0, 0.1) is 5.82 Å². The van der Waals surface area contributed by atoms with E-state index in [4.69, 9.17) is 11.6 Å². The number of nitrogens with one attached hydrogen (secondary N) is 3. The summed E-state index contributed by atoms with van der Waals surface area (Å²) in [6, 6.07) is 4.79. The molecule has 8 heteroatoms. The topological polar surface area (TPSA) is 68.8 Å². The molecule has 1 aromatic carbocycles. The minimum Gasteiger partial charge on any atom is -0.357 e. The first-order valence-electron chi connectivity index (χ1n) is 10.5. The first-order chi connectivity index (χ1) is 14.0. The van der Waals surface area contributed by atoms with Gasteiger partial charge in [0.15, 0.2) is 5.96 Å². The van der Waals surface area contributed by atoms with Crippen molar-refractivity contribution in [2.24, 2.45) is 4.99 Å². The number of hydrogen-bond acceptors (Lipinski definition) is 3. The van der Waals surface area contributed by atoms with Crippen molar-refractivity contribution in [2.45, 2.75) is 45.6 Å². The van der Waals surface area contributed by atoms with E-state index in [-0.39, 0.29) is 11.7 Å². The van der Waals surface area contributed by atoms with Crippen molar-refractivity contribution in [2.75, 3.05) is 39.3 Å². The van der Waals surface area contributed by atoms with E-state index in [9.17, 15) is 9.18 Å². The van der Waals surface area contributed by atoms with Gasteiger partial charge in [-0.1, -0.05) is 24.6 Å². The molecule has 0 aromatic heterocycles. The highest BCUT2D eigenvalue weighted by Gasteiger charge is 2.21. The lowest BCUT2D eigenvalue weighted by molar-refractivity contribution is -0.122. The monoisotopic (exact) mass is 425 g/mol. The van der Waals surface area contributed by atoms with E-state index < -0.39 is 0 Å². The highest BCUT2D eigenvalue weighted by atomic mass is 35.5. The van der Waals surface area contributed by atoms with E-state index in [2.05, 4.69) is 32.8 Å². The van der Waals surface area contributed by atoms with Crippen LogP contribution >= 0.6 is 11.6 Å². The molecule has 0 spiro atoms. The fourth-order valence-corrected chi connectivity index (χ4v) is 3.55. The molecule has 0 saturated carbocycles. The average molecular weight is 426 g/mol. The van der Waals surface area contributed by atoms with Crippen LogP contribution in [0.4, 0.5) is 4.39 Å². The lowest BCUT2D eigenvalue weighted by Crippen LogP contribution is -2.50. The molecule has 0 radical (unpaired) electrons. The number of guanidine groups is 1. The number of likely N-dealkylation sites (tertiary alicyclic amines) is 1. The van der Waals surface area contributed by atoms with Gasteiger partial charge in [0.05, 0.1) is 6.54 Å². The molecule has 0 aliphatic carbocycles. The van der Waals surface area contributed by atoms with Gasteiger partial charge in [-0.05, 0) is 50.3 Å². The Morgan fingerprint density at radius 3 is 2.69 bits per heavy atom. The summed E-state index contributed by atoms with van der Waals surface area (Å²) in [5, 5.41) is 10.1. The Hall–Kier alpha value is -1.86. The first kappa shape index (κ1) is 23.4. The lowest BCUT2D eigenvalue weighted by Gasteiger charge is -2.32. The number of carbonyl (C=O) groups excluding carboxylic acids is 1. The zero-order valence-electron chi connectivity index (χ0n) is 17.4. The van der Waals surface area contributed by atoms with Crippen LogP contribution in [0.5, 0.6) is 0 Å². The Kier molecular flexibility index (Phi) is 10.2. The third kappa shape index (κ3) is 8.58. The molecule has 6 nitrogen and oxygen atoms in total. The van der Waals surface area contributed by atoms with Crippen molar-refractivity contribution < 1.29 is 9.18 Å². The quantitative estimate of drug-likeness (QED) is 0.420. The zero-order chi connectivity index (χ0) is 21.1. The maximum absolute atomic E-state index is 13.2. The van der Waals surface area contributed by atoms with Crippen LogP contribution in [0.15, 0.2) is 23.2 Å². The Labute approximate surface area is 178 Å². The Morgan fingerprint density at radius 2 is 2.03 bits per heavy atom. The molecule has 1 aliphatic heterocycles. The SMILES string of the molecule is CCCNC(=O)CN1CCC(NC(=NCCc2ccc(F)cc2Cl)NCC)CC1. The Bertz CT molecular complexity index is 677. The second-order valence-corrected chi connectivity index (χ2v) is 7.70. The Balaban J connectivity index is 1.78. The number of amides is 1. The molecular formula is C21H33ClFN5O. The molecule has 162 valence electrons. The van der Waals surface area contributed by atoms with Crippen LogP contribution in [0.2, 0.25) is 5.02 Å². The molecule has 1 amide bonds. The second kappa shape index (κ2) is 12.6. The summed E-state index contributed by atoms with van der Waals surface area (Å²) in [7, 11) is 0. The van der Waals surface area contributed by atoms with E-state index in [1.165, 1.54) is 12.1 Å². The van der Waals surface area contributed by atoms with Crippen molar-refractivity contribution >= 4 is 23.5 Å². The maximum atomic E-state index is 13.2. The van der Waals surface area contributed by atoms with E-state index in [0.29, 0.717) is 30.6 Å². The summed E-state index contributed by atoms with van der Waals surface area (Å²) in [6.45, 7) is 8.42. The smallest absolute Gasteiger partial charge is 0.234 e. The van der Waals surface area contributed by atoms with Crippen molar-refractivity contribution in [3.05, 3.63) is 34.6 Å². The molecular weight excluding hydrogens is 393 g/mol. The predicted octanol–water partition coefficient (Wildman–Crippen LogP) is 2.57. The average Bonchev–Trinajstić information content (AvgIpc) is 2.69. The van der Waals surface area contributed by atoms with E-state index >= 15 is 0 Å². The number of nitrogens with zero attached hydrogens (tertiary/aromatic N) is 2. The van der Waals surface area contributed by atoms with Crippen molar-refractivity contribution in [1.29, 1.82) is 0 Å². The fourth-order valence-electron chi connectivity index (χ4n) is 3.28. The van der Waals surface area contributed by atoms with Crippen LogP contribution in [-0.2, 0) is 11.2 Å². The van der Waals surface area contributed by atoms with Gasteiger partial charge in [-0.3, -0.25) is 14.7 Å². The number of benzene rings is 1. The molecule has 29 heavy (non-hydrogen) atoms. The molecule has 0 bridgehead atoms. The molecule has 1 heterocycles. The van der Waals surface area contributed by atoms with Gasteiger partial charge in [-0.2, -0.15) is 0 Å². The molecule has 0 unspecified atom stereocenters. The van der Waals surface area contributed by atoms with Gasteiger partial charge in [-0.15, -0.1) is 0 Å². The van der Waals surface area contributed by atoms with Crippen LogP contribution in [-0.4, -0.2) is 62.1 Å². The summed E-state index contributed by atoms with van der Waals surface area (Å²) in [5.74, 6) is 0.559. The van der Waals surface area contributed by atoms with Gasteiger partial charge in [0.1, 0.15) is 5.82 Å². The van der Waals surface area contributed by atoms with Crippen LogP contribution in [0.25, 0.3) is 0 Å². The maximum Gasteiger partial charge on any atom is 0.234 e. The van der Waals surface area contributed by atoms with E-state index in [1.54, 1.807) is 6.07 Å². The largest absolute Gasteiger partial charge is 0.357 e. The summed E-state index contributed by atoms with van der Waals surface area (Å²) in [6.07, 6.45) is 3.54. The van der Waals surface area contributed by atoms with Crippen molar-refractivity contribution in [3.63, 3.8) is 0 Å². The Morgan fingerprint density at radius 1 is 1.28 bits per heavy atom. The molecule has 1 aromatic rings. The third-order valence-electron chi connectivity index (χ3n) is 4.88. The van der Waals surface area contributed by atoms with Gasteiger partial charge in [0, 0.05) is 43.8 Å². The van der Waals surface area contributed by atoms with Crippen LogP contribution < -0.4 is 16.0 Å². The number of rotatable bonds is 9.